The Hall–Kier alpha value is -0.900. The molecule has 2 bridgehead atoms. The standard InChI is InChI=1S/C22H33NO2/c1-17-11-12-19-20(14-17)24-21-15-23(16-22(19,2)25-21)13-7-6-10-18-8-4-3-5-9-18/h3-5,8-9,17,19-21H,6-7,10-16H2,1-2H3/t17-,19-,20-,21+,22-/m1/s1. The van der Waals surface area contributed by atoms with E-state index in [-0.39, 0.29) is 11.9 Å². The van der Waals surface area contributed by atoms with Crippen LogP contribution in [-0.4, -0.2) is 42.5 Å². The molecule has 0 radical (unpaired) electrons. The molecule has 4 rings (SSSR count). The summed E-state index contributed by atoms with van der Waals surface area (Å²) in [5.41, 5.74) is 1.45. The maximum absolute atomic E-state index is 6.36. The molecule has 0 N–H and O–H groups in total. The fraction of sp³-hybridized carbons (Fsp3) is 0.727. The maximum Gasteiger partial charge on any atom is 0.171 e. The van der Waals surface area contributed by atoms with E-state index >= 15 is 0 Å². The largest absolute Gasteiger partial charge is 0.348 e. The lowest BCUT2D eigenvalue weighted by molar-refractivity contribution is -0.341. The Bertz CT molecular complexity index is 562. The van der Waals surface area contributed by atoms with Gasteiger partial charge in [0.15, 0.2) is 6.29 Å². The molecule has 5 atom stereocenters. The van der Waals surface area contributed by atoms with Crippen molar-refractivity contribution in [2.75, 3.05) is 19.6 Å². The molecule has 0 aromatic heterocycles. The van der Waals surface area contributed by atoms with Crippen molar-refractivity contribution in [1.29, 1.82) is 0 Å². The molecule has 0 unspecified atom stereocenters. The molecule has 0 amide bonds. The third-order valence-corrected chi connectivity index (χ3v) is 6.54. The number of benzene rings is 1. The molecule has 1 aromatic carbocycles. The molecule has 2 aliphatic heterocycles. The monoisotopic (exact) mass is 343 g/mol. The van der Waals surface area contributed by atoms with Gasteiger partial charge in [0.25, 0.3) is 0 Å². The predicted octanol–water partition coefficient (Wildman–Crippen LogP) is 4.26. The van der Waals surface area contributed by atoms with Gasteiger partial charge in [-0.1, -0.05) is 43.7 Å². The number of ether oxygens (including phenoxy) is 2. The summed E-state index contributed by atoms with van der Waals surface area (Å²) in [4.78, 5) is 2.59. The molecule has 1 saturated carbocycles. The van der Waals surface area contributed by atoms with E-state index in [0.29, 0.717) is 12.0 Å². The van der Waals surface area contributed by atoms with Crippen molar-refractivity contribution in [1.82, 2.24) is 4.90 Å². The van der Waals surface area contributed by atoms with Crippen molar-refractivity contribution < 1.29 is 9.47 Å². The zero-order valence-corrected chi connectivity index (χ0v) is 15.8. The number of nitrogens with zero attached hydrogens (tertiary/aromatic N) is 1. The summed E-state index contributed by atoms with van der Waals surface area (Å²) >= 11 is 0. The van der Waals surface area contributed by atoms with Crippen molar-refractivity contribution in [3.05, 3.63) is 35.9 Å². The Morgan fingerprint density at radius 3 is 2.84 bits per heavy atom. The van der Waals surface area contributed by atoms with Gasteiger partial charge in [-0.3, -0.25) is 4.90 Å². The zero-order valence-electron chi connectivity index (χ0n) is 15.8. The van der Waals surface area contributed by atoms with Gasteiger partial charge in [0, 0.05) is 19.0 Å². The van der Waals surface area contributed by atoms with Crippen LogP contribution in [0, 0.1) is 11.8 Å². The van der Waals surface area contributed by atoms with Gasteiger partial charge in [0.1, 0.15) is 0 Å². The van der Waals surface area contributed by atoms with Crippen molar-refractivity contribution in [3.63, 3.8) is 0 Å². The van der Waals surface area contributed by atoms with E-state index in [1.807, 2.05) is 0 Å². The third kappa shape index (κ3) is 3.94. The van der Waals surface area contributed by atoms with Crippen LogP contribution < -0.4 is 0 Å². The molecule has 3 heteroatoms. The first-order valence-electron chi connectivity index (χ1n) is 10.2. The molecular weight excluding hydrogens is 310 g/mol. The van der Waals surface area contributed by atoms with Crippen LogP contribution in [0.4, 0.5) is 0 Å². The van der Waals surface area contributed by atoms with Crippen LogP contribution in [0.25, 0.3) is 0 Å². The molecule has 2 heterocycles. The highest BCUT2D eigenvalue weighted by Gasteiger charge is 2.52. The molecule has 25 heavy (non-hydrogen) atoms. The lowest BCUT2D eigenvalue weighted by Gasteiger charge is -2.56. The fourth-order valence-corrected chi connectivity index (χ4v) is 5.22. The van der Waals surface area contributed by atoms with Crippen LogP contribution in [0.5, 0.6) is 0 Å². The molecule has 3 fully saturated rings. The molecular formula is C22H33NO2. The second-order valence-electron chi connectivity index (χ2n) is 8.74. The van der Waals surface area contributed by atoms with E-state index in [2.05, 4.69) is 49.1 Å². The van der Waals surface area contributed by atoms with Gasteiger partial charge in [-0.05, 0) is 57.1 Å². The summed E-state index contributed by atoms with van der Waals surface area (Å²) in [7, 11) is 0. The molecule has 3 nitrogen and oxygen atoms in total. The Morgan fingerprint density at radius 1 is 1.16 bits per heavy atom. The van der Waals surface area contributed by atoms with Crippen LogP contribution in [0.2, 0.25) is 0 Å². The summed E-state index contributed by atoms with van der Waals surface area (Å²) in [5, 5.41) is 0. The first-order valence-corrected chi connectivity index (χ1v) is 10.2. The Labute approximate surface area is 152 Å². The van der Waals surface area contributed by atoms with Crippen molar-refractivity contribution in [2.24, 2.45) is 11.8 Å². The molecule has 1 aromatic rings. The smallest absolute Gasteiger partial charge is 0.171 e. The minimum absolute atomic E-state index is 0.00853. The normalized spacial score (nSPS) is 38.3. The average molecular weight is 344 g/mol. The maximum atomic E-state index is 6.36. The number of rotatable bonds is 5. The minimum atomic E-state index is -0.0144. The minimum Gasteiger partial charge on any atom is -0.348 e. The fourth-order valence-electron chi connectivity index (χ4n) is 5.22. The van der Waals surface area contributed by atoms with Crippen LogP contribution in [0.1, 0.15) is 51.5 Å². The van der Waals surface area contributed by atoms with Gasteiger partial charge in [-0.15, -0.1) is 0 Å². The van der Waals surface area contributed by atoms with Crippen LogP contribution >= 0.6 is 0 Å². The van der Waals surface area contributed by atoms with E-state index in [4.69, 9.17) is 9.47 Å². The highest BCUT2D eigenvalue weighted by atomic mass is 16.7. The van der Waals surface area contributed by atoms with Gasteiger partial charge in [-0.25, -0.2) is 0 Å². The predicted molar refractivity (Wildman–Crippen MR) is 100 cm³/mol. The lowest BCUT2D eigenvalue weighted by Crippen LogP contribution is -2.66. The highest BCUT2D eigenvalue weighted by Crippen LogP contribution is 2.45. The van der Waals surface area contributed by atoms with E-state index in [1.54, 1.807) is 0 Å². The van der Waals surface area contributed by atoms with Gasteiger partial charge in [0.05, 0.1) is 11.7 Å². The molecule has 138 valence electrons. The average Bonchev–Trinajstić information content (AvgIpc) is 2.58. The number of fused-ring (bicyclic) bond motifs is 4. The van der Waals surface area contributed by atoms with Crippen LogP contribution in [0.15, 0.2) is 30.3 Å². The molecule has 2 saturated heterocycles. The Morgan fingerprint density at radius 2 is 2.00 bits per heavy atom. The zero-order chi connectivity index (χ0) is 17.3. The number of unbranched alkanes of at least 4 members (excludes halogenated alkanes) is 1. The third-order valence-electron chi connectivity index (χ3n) is 6.54. The van der Waals surface area contributed by atoms with Gasteiger partial charge in [0.2, 0.25) is 0 Å². The molecule has 3 aliphatic rings. The first-order chi connectivity index (χ1) is 12.1. The van der Waals surface area contributed by atoms with E-state index in [1.165, 1.54) is 50.6 Å². The van der Waals surface area contributed by atoms with Crippen LogP contribution in [0.3, 0.4) is 0 Å². The van der Waals surface area contributed by atoms with Crippen LogP contribution in [-0.2, 0) is 15.9 Å². The van der Waals surface area contributed by atoms with E-state index in [9.17, 15) is 0 Å². The summed E-state index contributed by atoms with van der Waals surface area (Å²) in [6.07, 6.45) is 7.91. The van der Waals surface area contributed by atoms with Gasteiger partial charge in [-0.2, -0.15) is 0 Å². The highest BCUT2D eigenvalue weighted by molar-refractivity contribution is 5.14. The SMILES string of the molecule is C[C@@H]1CC[C@@H]2[C@@H](C1)O[C@@H]1CN(CCCCc3ccccc3)C[C@@]2(C)O1. The Kier molecular flexibility index (Phi) is 5.17. The summed E-state index contributed by atoms with van der Waals surface area (Å²) < 4.78 is 12.7. The summed E-state index contributed by atoms with van der Waals surface area (Å²) in [5.74, 6) is 1.38. The van der Waals surface area contributed by atoms with E-state index < -0.39 is 0 Å². The number of hydrogen-bond acceptors (Lipinski definition) is 3. The van der Waals surface area contributed by atoms with Gasteiger partial charge < -0.3 is 9.47 Å². The second-order valence-corrected chi connectivity index (χ2v) is 8.74. The number of aryl methyl sites for hydroxylation is 1. The number of morpholine rings is 1. The summed E-state index contributed by atoms with van der Waals surface area (Å²) in [6, 6.07) is 10.8. The molecule has 1 aliphatic carbocycles. The van der Waals surface area contributed by atoms with Crippen molar-refractivity contribution in [3.8, 4) is 0 Å². The molecule has 0 spiro atoms. The van der Waals surface area contributed by atoms with Gasteiger partial charge >= 0.3 is 0 Å². The lowest BCUT2D eigenvalue weighted by atomic mass is 9.71. The number of hydrogen-bond donors (Lipinski definition) is 0. The second kappa shape index (κ2) is 7.38. The summed E-state index contributed by atoms with van der Waals surface area (Å²) in [6.45, 7) is 7.89. The van der Waals surface area contributed by atoms with E-state index in [0.717, 1.165) is 19.0 Å². The quantitative estimate of drug-likeness (QED) is 0.746. The Balaban J connectivity index is 1.29. The topological polar surface area (TPSA) is 21.7 Å². The van der Waals surface area contributed by atoms with Crippen molar-refractivity contribution in [2.45, 2.75) is 70.4 Å². The first kappa shape index (κ1) is 17.5. The van der Waals surface area contributed by atoms with Crippen molar-refractivity contribution >= 4 is 0 Å².